The van der Waals surface area contributed by atoms with E-state index in [1.165, 1.54) is 0 Å². The highest BCUT2D eigenvalue weighted by Gasteiger charge is 1.92. The molecule has 0 saturated carbocycles. The van der Waals surface area contributed by atoms with Gasteiger partial charge >= 0.3 is 8.36 Å². The van der Waals surface area contributed by atoms with Crippen molar-refractivity contribution in [1.29, 1.82) is 0 Å². The predicted octanol–water partition coefficient (Wildman–Crippen LogP) is -3.26. The van der Waals surface area contributed by atoms with Crippen LogP contribution in [-0.4, -0.2) is 28.1 Å². The van der Waals surface area contributed by atoms with Crippen molar-refractivity contribution < 1.29 is 8.58 Å². The van der Waals surface area contributed by atoms with Gasteiger partial charge in [-0.15, -0.1) is 0 Å². The van der Waals surface area contributed by atoms with Gasteiger partial charge in [-0.3, -0.25) is 0 Å². The zero-order chi connectivity index (χ0) is 4.99. The molecule has 0 heterocycles. The topological polar surface area (TPSA) is 52.3 Å². The van der Waals surface area contributed by atoms with Crippen molar-refractivity contribution in [3.05, 3.63) is 0 Å². The molecule has 36 valence electrons. The molecule has 0 aromatic heterocycles. The first-order valence-corrected chi connectivity index (χ1v) is 6.75. The summed E-state index contributed by atoms with van der Waals surface area (Å²) in [5.41, 5.74) is 0. The van der Waals surface area contributed by atoms with Crippen LogP contribution in [0.3, 0.4) is 0 Å². The van der Waals surface area contributed by atoms with E-state index in [4.69, 9.17) is 5.40 Å². The third kappa shape index (κ3) is 4.21. The Morgan fingerprint density at radius 1 is 2.00 bits per heavy atom. The second-order valence-corrected chi connectivity index (χ2v) is 7.39. The van der Waals surface area contributed by atoms with Crippen LogP contribution in [0.1, 0.15) is 0 Å². The molecule has 0 aliphatic carbocycles. The number of nitrogens with two attached hydrogens (primary N) is 1. The Morgan fingerprint density at radius 3 is 2.50 bits per heavy atom. The second kappa shape index (κ2) is 3.40. The monoisotopic (exact) mass is 137 g/mol. The molecular weight excluding hydrogens is 130 g/mol. The summed E-state index contributed by atoms with van der Waals surface area (Å²) < 4.78 is 14.7. The van der Waals surface area contributed by atoms with E-state index in [2.05, 4.69) is 4.12 Å². The summed E-state index contributed by atoms with van der Waals surface area (Å²) in [4.78, 5) is 0. The molecule has 0 fully saturated rings. The van der Waals surface area contributed by atoms with Crippen LogP contribution in [0.25, 0.3) is 0 Å². The lowest BCUT2D eigenvalue weighted by Crippen LogP contribution is -2.24. The van der Waals surface area contributed by atoms with Crippen LogP contribution in [0.5, 0.6) is 0 Å². The van der Waals surface area contributed by atoms with Crippen LogP contribution < -0.4 is 5.40 Å². The second-order valence-electron chi connectivity index (χ2n) is 0.899. The Labute approximate surface area is 42.9 Å². The number of hydrogen-bond donors (Lipinski definition) is 1. The fraction of sp³-hybridized carbons (Fsp3) is 0. The molecule has 0 unspecified atom stereocenters. The van der Waals surface area contributed by atoms with Crippen molar-refractivity contribution in [1.82, 2.24) is 0 Å². The van der Waals surface area contributed by atoms with Crippen LogP contribution in [0.2, 0.25) is 0 Å². The van der Waals surface area contributed by atoms with Crippen LogP contribution in [-0.2, 0) is 8.58 Å². The maximum absolute atomic E-state index is 9.97. The largest absolute Gasteiger partial charge is 0.464 e. The Balaban J connectivity index is 2.83. The zero-order valence-corrected chi connectivity index (χ0v) is 8.02. The Morgan fingerprint density at radius 2 is 2.50 bits per heavy atom. The van der Waals surface area contributed by atoms with Gasteiger partial charge in [0.15, 0.2) is 0 Å². The molecule has 0 atom stereocenters. The average molecular weight is 137 g/mol. The van der Waals surface area contributed by atoms with E-state index in [1.807, 2.05) is 0 Å². The van der Waals surface area contributed by atoms with Gasteiger partial charge in [-0.1, -0.05) is 0 Å². The van der Waals surface area contributed by atoms with Crippen LogP contribution in [0.4, 0.5) is 0 Å². The minimum Gasteiger partial charge on any atom is -0.464 e. The van der Waals surface area contributed by atoms with E-state index < -0.39 is 17.6 Å². The number of hydrogen-bond acceptors (Lipinski definition) is 2. The minimum atomic E-state index is -1.68. The van der Waals surface area contributed by atoms with Crippen molar-refractivity contribution in [2.24, 2.45) is 5.40 Å². The SMILES string of the molecule is N[Si](=O)[SiH2]O[SiH3]. The first-order chi connectivity index (χ1) is 2.77. The smallest absolute Gasteiger partial charge is 0.387 e. The summed E-state index contributed by atoms with van der Waals surface area (Å²) in [7, 11) is -1.75. The molecule has 0 rings (SSSR count). The first-order valence-electron chi connectivity index (χ1n) is 1.54. The molecule has 0 aromatic rings. The highest BCUT2D eigenvalue weighted by molar-refractivity contribution is 7.00. The highest BCUT2D eigenvalue weighted by Crippen LogP contribution is 1.48. The third-order valence-electron chi connectivity index (χ3n) is 0.287. The van der Waals surface area contributed by atoms with E-state index in [1.54, 1.807) is 0 Å². The van der Waals surface area contributed by atoms with E-state index in [9.17, 15) is 4.46 Å². The fourth-order valence-electron chi connectivity index (χ4n) is 0.142. The molecule has 0 radical (unpaired) electrons. The molecule has 3 nitrogen and oxygen atoms in total. The average Bonchev–Trinajstić information content (AvgIpc) is 1.35. The Hall–Kier alpha value is 0.211. The zero-order valence-electron chi connectivity index (χ0n) is 3.60. The summed E-state index contributed by atoms with van der Waals surface area (Å²) in [6, 6.07) is 0. The van der Waals surface area contributed by atoms with E-state index >= 15 is 0 Å². The Bertz CT molecular complexity index is 52.8. The van der Waals surface area contributed by atoms with Crippen molar-refractivity contribution >= 4 is 28.1 Å². The van der Waals surface area contributed by atoms with Crippen molar-refractivity contribution in [3.8, 4) is 0 Å². The molecule has 0 aliphatic heterocycles. The van der Waals surface area contributed by atoms with Crippen molar-refractivity contribution in [2.45, 2.75) is 0 Å². The number of rotatable bonds is 2. The maximum atomic E-state index is 9.97. The van der Waals surface area contributed by atoms with E-state index in [0.717, 1.165) is 0 Å². The molecule has 0 amide bonds. The van der Waals surface area contributed by atoms with E-state index in [-0.39, 0.29) is 0 Å². The van der Waals surface area contributed by atoms with E-state index in [0.29, 0.717) is 10.5 Å². The van der Waals surface area contributed by atoms with Crippen LogP contribution in [0, 0.1) is 0 Å². The van der Waals surface area contributed by atoms with Gasteiger partial charge in [-0.2, -0.15) is 0 Å². The molecule has 0 saturated heterocycles. The molecule has 0 spiro atoms. The Kier molecular flexibility index (Phi) is 3.52. The molecule has 6 heavy (non-hydrogen) atoms. The van der Waals surface area contributed by atoms with Crippen LogP contribution in [0.15, 0.2) is 0 Å². The van der Waals surface area contributed by atoms with Crippen LogP contribution >= 0.6 is 0 Å². The lowest BCUT2D eigenvalue weighted by molar-refractivity contribution is 0.565. The predicted molar refractivity (Wildman–Crippen MR) is 30.2 cm³/mol. The molecule has 0 bridgehead atoms. The van der Waals surface area contributed by atoms with Gasteiger partial charge in [-0.25, -0.2) is 0 Å². The first kappa shape index (κ1) is 6.21. The molecular formula is H7NO2Si3. The minimum absolute atomic E-state index is 0.694. The van der Waals surface area contributed by atoms with Gasteiger partial charge in [-0.05, 0) is 0 Å². The fourth-order valence-corrected chi connectivity index (χ4v) is 3.84. The summed E-state index contributed by atoms with van der Waals surface area (Å²) in [6.07, 6.45) is 0. The van der Waals surface area contributed by atoms with Gasteiger partial charge in [0.25, 0.3) is 0 Å². The summed E-state index contributed by atoms with van der Waals surface area (Å²) in [6.45, 7) is 0. The van der Waals surface area contributed by atoms with Gasteiger partial charge in [0, 0.05) is 0 Å². The van der Waals surface area contributed by atoms with Gasteiger partial charge in [0.2, 0.25) is 9.28 Å². The van der Waals surface area contributed by atoms with Gasteiger partial charge in [0.05, 0.1) is 0 Å². The highest BCUT2D eigenvalue weighted by atomic mass is 29.2. The molecule has 0 aromatic carbocycles. The quantitative estimate of drug-likeness (QED) is 0.407. The standard InChI is InChI=1S/H7NO2Si3/c1-6(2)5-3-4/h1,5H2,4H3. The lowest BCUT2D eigenvalue weighted by atomic mass is 13.9. The summed E-state index contributed by atoms with van der Waals surface area (Å²) in [5, 5.41) is 4.91. The van der Waals surface area contributed by atoms with Crippen molar-refractivity contribution in [2.75, 3.05) is 0 Å². The third-order valence-corrected chi connectivity index (χ3v) is 5.18. The molecule has 6 heteroatoms. The van der Waals surface area contributed by atoms with Crippen molar-refractivity contribution in [3.63, 3.8) is 0 Å². The maximum Gasteiger partial charge on any atom is 0.387 e. The summed E-state index contributed by atoms with van der Waals surface area (Å²) in [5.74, 6) is 0. The summed E-state index contributed by atoms with van der Waals surface area (Å²) >= 11 is 0. The lowest BCUT2D eigenvalue weighted by Gasteiger charge is -1.82. The normalized spacial score (nSPS) is 10.7. The van der Waals surface area contributed by atoms with Gasteiger partial charge < -0.3 is 14.0 Å². The van der Waals surface area contributed by atoms with Gasteiger partial charge in [0.1, 0.15) is 10.5 Å². The molecule has 2 N–H and O–H groups in total. The molecule has 0 aliphatic rings.